The molecular weight excluding hydrogens is 288 g/mol. The highest BCUT2D eigenvalue weighted by molar-refractivity contribution is 7.16. The highest BCUT2D eigenvalue weighted by atomic mass is 32.1. The van der Waals surface area contributed by atoms with E-state index in [4.69, 9.17) is 9.68 Å². The van der Waals surface area contributed by atoms with Gasteiger partial charge in [0.05, 0.1) is 5.00 Å². The van der Waals surface area contributed by atoms with Crippen LogP contribution < -0.4 is 10.9 Å². The van der Waals surface area contributed by atoms with Crippen molar-refractivity contribution in [3.8, 4) is 6.07 Å². The molecule has 3 rings (SSSR count). The monoisotopic (exact) mass is 296 g/mol. The predicted octanol–water partition coefficient (Wildman–Crippen LogP) is 2.98. The number of fused-ring (bicyclic) bond motifs is 1. The molecule has 2 heterocycles. The molecule has 0 atom stereocenters. The molecule has 0 aliphatic rings. The van der Waals surface area contributed by atoms with Crippen LogP contribution in [0.1, 0.15) is 15.2 Å². The number of hydrogen-bond acceptors (Lipinski definition) is 5. The Morgan fingerprint density at radius 1 is 1.24 bits per heavy atom. The van der Waals surface area contributed by atoms with Crippen molar-refractivity contribution in [3.63, 3.8) is 0 Å². The van der Waals surface area contributed by atoms with Crippen molar-refractivity contribution < 1.29 is 9.21 Å². The number of carbonyl (C=O) groups is 1. The quantitative estimate of drug-likeness (QED) is 0.737. The van der Waals surface area contributed by atoms with Crippen LogP contribution in [0, 0.1) is 11.3 Å². The van der Waals surface area contributed by atoms with Gasteiger partial charge in [-0.15, -0.1) is 11.3 Å². The van der Waals surface area contributed by atoms with Crippen LogP contribution in [-0.2, 0) is 0 Å². The second-order valence-electron chi connectivity index (χ2n) is 4.22. The van der Waals surface area contributed by atoms with Gasteiger partial charge in [0.25, 0.3) is 5.91 Å². The van der Waals surface area contributed by atoms with E-state index >= 15 is 0 Å². The van der Waals surface area contributed by atoms with Gasteiger partial charge in [0.2, 0.25) is 0 Å². The van der Waals surface area contributed by atoms with Gasteiger partial charge in [-0.25, -0.2) is 4.79 Å². The first-order valence-electron chi connectivity index (χ1n) is 6.01. The molecule has 6 heteroatoms. The molecule has 2 aromatic heterocycles. The number of carbonyl (C=O) groups excluding carboxylic acids is 1. The average Bonchev–Trinajstić information content (AvgIpc) is 2.94. The van der Waals surface area contributed by atoms with Crippen LogP contribution in [0.2, 0.25) is 0 Å². The van der Waals surface area contributed by atoms with Crippen LogP contribution >= 0.6 is 11.3 Å². The standard InChI is InChI=1S/C15H8N2O3S/c16-8-10-5-6-13(21-10)17-14(18)11-7-9-3-1-2-4-12(9)20-15(11)19/h1-7H,(H,17,18). The molecule has 0 aliphatic carbocycles. The number of para-hydroxylation sites is 1. The summed E-state index contributed by atoms with van der Waals surface area (Å²) in [6.45, 7) is 0. The Balaban J connectivity index is 1.96. The van der Waals surface area contributed by atoms with Crippen molar-refractivity contribution in [2.75, 3.05) is 5.32 Å². The zero-order valence-electron chi connectivity index (χ0n) is 10.6. The molecule has 5 nitrogen and oxygen atoms in total. The summed E-state index contributed by atoms with van der Waals surface area (Å²) in [5.74, 6) is -0.555. The number of nitrogens with zero attached hydrogens (tertiary/aromatic N) is 1. The summed E-state index contributed by atoms with van der Waals surface area (Å²) in [6.07, 6.45) is 0. The second kappa shape index (κ2) is 5.23. The Labute approximate surface area is 123 Å². The number of anilines is 1. The van der Waals surface area contributed by atoms with Crippen molar-refractivity contribution in [1.82, 2.24) is 0 Å². The maximum absolute atomic E-state index is 12.1. The molecule has 0 saturated heterocycles. The maximum atomic E-state index is 12.1. The third-order valence-corrected chi connectivity index (χ3v) is 3.74. The molecule has 1 aromatic carbocycles. The summed E-state index contributed by atoms with van der Waals surface area (Å²) in [6, 6.07) is 13.7. The lowest BCUT2D eigenvalue weighted by atomic mass is 10.2. The molecule has 0 fully saturated rings. The van der Waals surface area contributed by atoms with Gasteiger partial charge in [0.15, 0.2) is 0 Å². The van der Waals surface area contributed by atoms with Crippen LogP contribution in [0.15, 0.2) is 51.7 Å². The summed E-state index contributed by atoms with van der Waals surface area (Å²) in [5.41, 5.74) is -0.328. The Hall–Kier alpha value is -2.91. The van der Waals surface area contributed by atoms with Gasteiger partial charge in [-0.3, -0.25) is 4.79 Å². The molecule has 0 aliphatic heterocycles. The molecule has 0 bridgehead atoms. The van der Waals surface area contributed by atoms with Gasteiger partial charge in [-0.1, -0.05) is 18.2 Å². The van der Waals surface area contributed by atoms with Crippen molar-refractivity contribution in [3.05, 3.63) is 63.3 Å². The van der Waals surface area contributed by atoms with Crippen molar-refractivity contribution in [1.29, 1.82) is 5.26 Å². The molecule has 21 heavy (non-hydrogen) atoms. The van der Waals surface area contributed by atoms with Gasteiger partial charge in [-0.05, 0) is 24.3 Å². The minimum absolute atomic E-state index is 0.0689. The normalized spacial score (nSPS) is 10.2. The molecule has 102 valence electrons. The fraction of sp³-hybridized carbons (Fsp3) is 0. The van der Waals surface area contributed by atoms with E-state index in [2.05, 4.69) is 5.32 Å². The molecular formula is C15H8N2O3S. The molecule has 0 radical (unpaired) electrons. The number of rotatable bonds is 2. The third-order valence-electron chi connectivity index (χ3n) is 2.84. The summed E-state index contributed by atoms with van der Waals surface area (Å²) in [4.78, 5) is 24.5. The lowest BCUT2D eigenvalue weighted by molar-refractivity contribution is 0.102. The van der Waals surface area contributed by atoms with E-state index in [0.29, 0.717) is 20.8 Å². The smallest absolute Gasteiger partial charge is 0.349 e. The van der Waals surface area contributed by atoms with Crippen LogP contribution in [0.5, 0.6) is 0 Å². The predicted molar refractivity (Wildman–Crippen MR) is 79.5 cm³/mol. The van der Waals surface area contributed by atoms with E-state index in [1.165, 1.54) is 6.07 Å². The summed E-state index contributed by atoms with van der Waals surface area (Å²) in [7, 11) is 0. The largest absolute Gasteiger partial charge is 0.422 e. The molecule has 3 aromatic rings. The van der Waals surface area contributed by atoms with Gasteiger partial charge in [0, 0.05) is 5.39 Å². The lowest BCUT2D eigenvalue weighted by Gasteiger charge is -2.02. The van der Waals surface area contributed by atoms with Crippen LogP contribution in [-0.4, -0.2) is 5.91 Å². The van der Waals surface area contributed by atoms with Crippen LogP contribution in [0.3, 0.4) is 0 Å². The highest BCUT2D eigenvalue weighted by Gasteiger charge is 2.14. The topological polar surface area (TPSA) is 83.1 Å². The fourth-order valence-electron chi connectivity index (χ4n) is 1.86. The van der Waals surface area contributed by atoms with E-state index in [1.54, 1.807) is 36.4 Å². The Bertz CT molecular complexity index is 934. The Kier molecular flexibility index (Phi) is 3.26. The molecule has 1 N–H and O–H groups in total. The third kappa shape index (κ3) is 2.55. The summed E-state index contributed by atoms with van der Waals surface area (Å²) < 4.78 is 5.11. The first-order chi connectivity index (χ1) is 10.2. The first-order valence-corrected chi connectivity index (χ1v) is 6.83. The van der Waals surface area contributed by atoms with E-state index in [-0.39, 0.29) is 5.56 Å². The van der Waals surface area contributed by atoms with Crippen LogP contribution in [0.25, 0.3) is 11.0 Å². The fourth-order valence-corrected chi connectivity index (χ4v) is 2.56. The number of hydrogen-bond donors (Lipinski definition) is 1. The molecule has 1 amide bonds. The number of benzene rings is 1. The Morgan fingerprint density at radius 3 is 2.81 bits per heavy atom. The lowest BCUT2D eigenvalue weighted by Crippen LogP contribution is -2.20. The van der Waals surface area contributed by atoms with E-state index in [1.807, 2.05) is 6.07 Å². The molecule has 0 spiro atoms. The number of thiophene rings is 1. The number of nitriles is 1. The number of amides is 1. The van der Waals surface area contributed by atoms with E-state index in [0.717, 1.165) is 11.3 Å². The van der Waals surface area contributed by atoms with Crippen molar-refractivity contribution in [2.45, 2.75) is 0 Å². The van der Waals surface area contributed by atoms with Gasteiger partial charge < -0.3 is 9.73 Å². The Morgan fingerprint density at radius 2 is 2.05 bits per heavy atom. The number of nitrogens with one attached hydrogen (secondary N) is 1. The average molecular weight is 296 g/mol. The van der Waals surface area contributed by atoms with Gasteiger partial charge >= 0.3 is 5.63 Å². The summed E-state index contributed by atoms with van der Waals surface area (Å²) >= 11 is 1.14. The maximum Gasteiger partial charge on any atom is 0.349 e. The SMILES string of the molecule is N#Cc1ccc(NC(=O)c2cc3ccccc3oc2=O)s1. The van der Waals surface area contributed by atoms with Crippen LogP contribution in [0.4, 0.5) is 5.00 Å². The minimum Gasteiger partial charge on any atom is -0.422 e. The minimum atomic E-state index is -0.691. The highest BCUT2D eigenvalue weighted by Crippen LogP contribution is 2.21. The molecule has 0 unspecified atom stereocenters. The van der Waals surface area contributed by atoms with Gasteiger partial charge in [-0.2, -0.15) is 5.26 Å². The second-order valence-corrected chi connectivity index (χ2v) is 5.30. The van der Waals surface area contributed by atoms with Crippen molar-refractivity contribution in [2.24, 2.45) is 0 Å². The van der Waals surface area contributed by atoms with Gasteiger partial charge in [0.1, 0.15) is 22.1 Å². The summed E-state index contributed by atoms with van der Waals surface area (Å²) in [5, 5.41) is 12.5. The van der Waals surface area contributed by atoms with E-state index < -0.39 is 11.5 Å². The van der Waals surface area contributed by atoms with Crippen molar-refractivity contribution >= 4 is 33.2 Å². The zero-order valence-corrected chi connectivity index (χ0v) is 11.4. The zero-order chi connectivity index (χ0) is 14.8. The van der Waals surface area contributed by atoms with E-state index in [9.17, 15) is 9.59 Å². The first kappa shape index (κ1) is 13.1. The molecule has 0 saturated carbocycles.